The Hall–Kier alpha value is -1.52. The van der Waals surface area contributed by atoms with Crippen molar-refractivity contribution in [1.82, 2.24) is 15.0 Å². The molecule has 0 saturated heterocycles. The third-order valence-corrected chi connectivity index (χ3v) is 4.18. The fourth-order valence-corrected chi connectivity index (χ4v) is 2.80. The van der Waals surface area contributed by atoms with Crippen molar-refractivity contribution in [2.45, 2.75) is 77.7 Å². The Morgan fingerprint density at radius 2 is 1.17 bits per heavy atom. The van der Waals surface area contributed by atoms with Crippen molar-refractivity contribution in [3.63, 3.8) is 0 Å². The van der Waals surface area contributed by atoms with Crippen molar-refractivity contribution in [2.75, 3.05) is 0 Å². The zero-order valence-corrected chi connectivity index (χ0v) is 14.0. The Kier molecular flexibility index (Phi) is 7.43. The predicted octanol–water partition coefficient (Wildman–Crippen LogP) is 5.63. The van der Waals surface area contributed by atoms with Crippen LogP contribution in [0.3, 0.4) is 0 Å². The maximum absolute atomic E-state index is 13.1. The molecule has 2 aromatic rings. The lowest BCUT2D eigenvalue weighted by molar-refractivity contribution is 0.483. The topological polar surface area (TPSA) is 30.7 Å². The third-order valence-electron chi connectivity index (χ3n) is 4.18. The molecule has 0 N–H and O–H groups in total. The molecule has 0 spiro atoms. The Morgan fingerprint density at radius 3 is 1.65 bits per heavy atom. The van der Waals surface area contributed by atoms with Crippen LogP contribution in [0.5, 0.6) is 0 Å². The maximum Gasteiger partial charge on any atom is 0.161 e. The van der Waals surface area contributed by atoms with Crippen LogP contribution in [-0.4, -0.2) is 15.0 Å². The minimum atomic E-state index is -0.872. The van der Waals surface area contributed by atoms with E-state index < -0.39 is 11.6 Å². The summed E-state index contributed by atoms with van der Waals surface area (Å²) < 4.78 is 26.3. The van der Waals surface area contributed by atoms with E-state index in [0.717, 1.165) is 25.0 Å². The highest BCUT2D eigenvalue weighted by Gasteiger charge is 2.08. The number of benzene rings is 1. The quantitative estimate of drug-likeness (QED) is 0.502. The Balaban J connectivity index is 1.60. The Labute approximate surface area is 137 Å². The van der Waals surface area contributed by atoms with E-state index in [1.54, 1.807) is 4.80 Å². The van der Waals surface area contributed by atoms with Crippen LogP contribution in [0.25, 0.3) is 11.0 Å². The molecule has 2 rings (SSSR count). The maximum atomic E-state index is 13.1. The molecule has 23 heavy (non-hydrogen) atoms. The van der Waals surface area contributed by atoms with Gasteiger partial charge in [-0.3, -0.25) is 0 Å². The third kappa shape index (κ3) is 5.88. The lowest BCUT2D eigenvalue weighted by Crippen LogP contribution is -2.01. The first-order valence-electron chi connectivity index (χ1n) is 8.90. The van der Waals surface area contributed by atoms with E-state index >= 15 is 0 Å². The highest BCUT2D eigenvalue weighted by Crippen LogP contribution is 2.15. The van der Waals surface area contributed by atoms with Crippen LogP contribution < -0.4 is 0 Å². The summed E-state index contributed by atoms with van der Waals surface area (Å²) in [7, 11) is 0. The van der Waals surface area contributed by atoms with Gasteiger partial charge in [-0.1, -0.05) is 64.7 Å². The summed E-state index contributed by atoms with van der Waals surface area (Å²) in [5.74, 6) is -1.74. The van der Waals surface area contributed by atoms with Crippen LogP contribution in [0.4, 0.5) is 8.78 Å². The predicted molar refractivity (Wildman–Crippen MR) is 89.3 cm³/mol. The van der Waals surface area contributed by atoms with Crippen molar-refractivity contribution >= 4 is 11.0 Å². The molecular weight excluding hydrogens is 296 g/mol. The van der Waals surface area contributed by atoms with Gasteiger partial charge in [-0.25, -0.2) is 8.78 Å². The molecule has 0 atom stereocenters. The molecule has 0 aliphatic rings. The first-order valence-corrected chi connectivity index (χ1v) is 8.90. The number of hydrogen-bond donors (Lipinski definition) is 0. The largest absolute Gasteiger partial charge is 0.204 e. The molecule has 1 aromatic heterocycles. The summed E-state index contributed by atoms with van der Waals surface area (Å²) in [6.45, 7) is 2.94. The average molecular weight is 323 g/mol. The lowest BCUT2D eigenvalue weighted by atomic mass is 10.1. The first-order chi connectivity index (χ1) is 11.2. The Morgan fingerprint density at radius 1 is 0.739 bits per heavy atom. The highest BCUT2D eigenvalue weighted by atomic mass is 19.2. The zero-order valence-electron chi connectivity index (χ0n) is 14.0. The second kappa shape index (κ2) is 9.58. The highest BCUT2D eigenvalue weighted by molar-refractivity contribution is 5.73. The van der Waals surface area contributed by atoms with Crippen molar-refractivity contribution < 1.29 is 8.78 Å². The summed E-state index contributed by atoms with van der Waals surface area (Å²) in [5, 5.41) is 8.38. The van der Waals surface area contributed by atoms with Gasteiger partial charge in [0.15, 0.2) is 11.6 Å². The van der Waals surface area contributed by atoms with E-state index in [2.05, 4.69) is 17.1 Å². The van der Waals surface area contributed by atoms with E-state index in [1.165, 1.54) is 51.4 Å². The standard InChI is InChI=1S/C18H27F2N3/c1-2-3-4-5-6-7-8-9-10-11-12-23-21-17-13-15(19)16(20)14-18(17)22-23/h13-14H,2-12H2,1H3. The summed E-state index contributed by atoms with van der Waals surface area (Å²) in [4.78, 5) is 1.55. The lowest BCUT2D eigenvalue weighted by Gasteiger charge is -2.02. The van der Waals surface area contributed by atoms with Gasteiger partial charge in [0.05, 0.1) is 6.54 Å². The van der Waals surface area contributed by atoms with E-state index in [0.29, 0.717) is 17.6 Å². The van der Waals surface area contributed by atoms with Crippen LogP contribution in [-0.2, 0) is 6.54 Å². The van der Waals surface area contributed by atoms with Crippen molar-refractivity contribution in [2.24, 2.45) is 0 Å². The number of aryl methyl sites for hydroxylation is 1. The second-order valence-electron chi connectivity index (χ2n) is 6.23. The van der Waals surface area contributed by atoms with Crippen LogP contribution >= 0.6 is 0 Å². The van der Waals surface area contributed by atoms with Gasteiger partial charge < -0.3 is 0 Å². The molecule has 0 saturated carbocycles. The van der Waals surface area contributed by atoms with Gasteiger partial charge in [0, 0.05) is 12.1 Å². The smallest absolute Gasteiger partial charge is 0.161 e. The Bertz CT molecular complexity index is 556. The summed E-state index contributed by atoms with van der Waals surface area (Å²) >= 11 is 0. The SMILES string of the molecule is CCCCCCCCCCCCn1nc2cc(F)c(F)cc2n1. The molecule has 5 heteroatoms. The zero-order chi connectivity index (χ0) is 16.5. The molecule has 0 aliphatic carbocycles. The number of fused-ring (bicyclic) bond motifs is 1. The van der Waals surface area contributed by atoms with Gasteiger partial charge in [-0.05, 0) is 6.42 Å². The average Bonchev–Trinajstić information content (AvgIpc) is 2.91. The molecule has 1 aromatic carbocycles. The van der Waals surface area contributed by atoms with Crippen molar-refractivity contribution in [1.29, 1.82) is 0 Å². The van der Waals surface area contributed by atoms with Crippen LogP contribution in [0.15, 0.2) is 12.1 Å². The number of halogens is 2. The van der Waals surface area contributed by atoms with Crippen LogP contribution in [0.2, 0.25) is 0 Å². The minimum absolute atomic E-state index is 0.413. The fourth-order valence-electron chi connectivity index (χ4n) is 2.80. The number of unbranched alkanes of at least 4 members (excludes halogenated alkanes) is 9. The van der Waals surface area contributed by atoms with Crippen molar-refractivity contribution in [3.05, 3.63) is 23.8 Å². The fraction of sp³-hybridized carbons (Fsp3) is 0.667. The molecule has 0 unspecified atom stereocenters. The molecule has 1 heterocycles. The minimum Gasteiger partial charge on any atom is -0.204 e. The van der Waals surface area contributed by atoms with Gasteiger partial charge in [-0.2, -0.15) is 15.0 Å². The van der Waals surface area contributed by atoms with Gasteiger partial charge in [0.2, 0.25) is 0 Å². The monoisotopic (exact) mass is 323 g/mol. The molecule has 0 aliphatic heterocycles. The van der Waals surface area contributed by atoms with E-state index in [4.69, 9.17) is 0 Å². The first kappa shape index (κ1) is 17.8. The number of rotatable bonds is 11. The summed E-state index contributed by atoms with van der Waals surface area (Å²) in [5.41, 5.74) is 0.826. The molecule has 0 fully saturated rings. The normalized spacial score (nSPS) is 11.4. The second-order valence-corrected chi connectivity index (χ2v) is 6.23. The number of nitrogens with zero attached hydrogens (tertiary/aromatic N) is 3. The van der Waals surface area contributed by atoms with Crippen molar-refractivity contribution in [3.8, 4) is 0 Å². The molecule has 0 bridgehead atoms. The summed E-state index contributed by atoms with van der Waals surface area (Å²) in [6, 6.07) is 2.21. The molecule has 0 radical (unpaired) electrons. The van der Waals surface area contributed by atoms with Crippen LogP contribution in [0.1, 0.15) is 71.1 Å². The van der Waals surface area contributed by atoms with Gasteiger partial charge in [-0.15, -0.1) is 0 Å². The molecular formula is C18H27F2N3. The van der Waals surface area contributed by atoms with E-state index in [9.17, 15) is 8.78 Å². The van der Waals surface area contributed by atoms with Gasteiger partial charge >= 0.3 is 0 Å². The van der Waals surface area contributed by atoms with E-state index in [-0.39, 0.29) is 0 Å². The summed E-state index contributed by atoms with van der Waals surface area (Å²) in [6.07, 6.45) is 12.7. The van der Waals surface area contributed by atoms with Crippen LogP contribution in [0, 0.1) is 11.6 Å². The molecule has 3 nitrogen and oxygen atoms in total. The number of hydrogen-bond acceptors (Lipinski definition) is 2. The van der Waals surface area contributed by atoms with Gasteiger partial charge in [0.1, 0.15) is 11.0 Å². The van der Waals surface area contributed by atoms with Gasteiger partial charge in [0.25, 0.3) is 0 Å². The molecule has 0 amide bonds. The number of aromatic nitrogens is 3. The molecule has 128 valence electrons. The van der Waals surface area contributed by atoms with E-state index in [1.807, 2.05) is 0 Å².